The molecule has 24 heavy (non-hydrogen) atoms. The molecule has 128 valence electrons. The highest BCUT2D eigenvalue weighted by Crippen LogP contribution is 2.29. The molecular formula is C19H24N2O2S. The molecule has 1 amide bonds. The summed E-state index contributed by atoms with van der Waals surface area (Å²) < 4.78 is 5.67. The lowest BCUT2D eigenvalue weighted by molar-refractivity contribution is 0.102. The topological polar surface area (TPSA) is 51.2 Å². The summed E-state index contributed by atoms with van der Waals surface area (Å²) in [4.78, 5) is 18.2. The summed E-state index contributed by atoms with van der Waals surface area (Å²) in [6.07, 6.45) is 7.97. The van der Waals surface area contributed by atoms with Crippen molar-refractivity contribution < 1.29 is 9.53 Å². The largest absolute Gasteiger partial charge is 0.494 e. The first-order chi connectivity index (χ1) is 11.8. The Balaban J connectivity index is 1.55. The van der Waals surface area contributed by atoms with Crippen LogP contribution in [-0.2, 0) is 12.8 Å². The van der Waals surface area contributed by atoms with Gasteiger partial charge in [-0.05, 0) is 56.4 Å². The summed E-state index contributed by atoms with van der Waals surface area (Å²) in [5, 5.41) is 3.64. The van der Waals surface area contributed by atoms with Gasteiger partial charge in [-0.25, -0.2) is 4.98 Å². The van der Waals surface area contributed by atoms with E-state index in [2.05, 4.69) is 17.2 Å². The molecule has 4 nitrogen and oxygen atoms in total. The van der Waals surface area contributed by atoms with Gasteiger partial charge in [-0.1, -0.05) is 19.8 Å². The van der Waals surface area contributed by atoms with Crippen LogP contribution in [0.2, 0.25) is 0 Å². The number of thiazole rings is 1. The summed E-state index contributed by atoms with van der Waals surface area (Å²) in [5.41, 5.74) is 1.79. The predicted octanol–water partition coefficient (Wildman–Crippen LogP) is 4.84. The molecule has 1 N–H and O–H groups in total. The van der Waals surface area contributed by atoms with Crippen LogP contribution in [0.1, 0.15) is 60.0 Å². The number of ether oxygens (including phenoxy) is 1. The number of hydrogen-bond donors (Lipinski definition) is 1. The van der Waals surface area contributed by atoms with Crippen molar-refractivity contribution in [2.24, 2.45) is 0 Å². The zero-order valence-corrected chi connectivity index (χ0v) is 15.0. The zero-order chi connectivity index (χ0) is 16.8. The summed E-state index contributed by atoms with van der Waals surface area (Å²) in [5.74, 6) is 0.700. The van der Waals surface area contributed by atoms with Crippen LogP contribution >= 0.6 is 11.3 Å². The van der Waals surface area contributed by atoms with Gasteiger partial charge in [-0.3, -0.25) is 10.1 Å². The Morgan fingerprint density at radius 1 is 1.21 bits per heavy atom. The number of amides is 1. The molecule has 2 aromatic rings. The number of fused-ring (bicyclic) bond motifs is 1. The van der Waals surface area contributed by atoms with Crippen molar-refractivity contribution in [1.29, 1.82) is 0 Å². The van der Waals surface area contributed by atoms with Crippen LogP contribution in [0.3, 0.4) is 0 Å². The molecule has 0 bridgehead atoms. The molecule has 0 fully saturated rings. The number of benzene rings is 1. The molecule has 0 spiro atoms. The summed E-state index contributed by atoms with van der Waals surface area (Å²) in [6.45, 7) is 2.90. The van der Waals surface area contributed by atoms with Gasteiger partial charge in [0.2, 0.25) is 0 Å². The van der Waals surface area contributed by atoms with Gasteiger partial charge in [0.1, 0.15) is 5.75 Å². The van der Waals surface area contributed by atoms with Crippen molar-refractivity contribution >= 4 is 22.4 Å². The number of rotatable bonds is 7. The van der Waals surface area contributed by atoms with E-state index in [0.717, 1.165) is 37.3 Å². The van der Waals surface area contributed by atoms with Gasteiger partial charge in [0, 0.05) is 10.4 Å². The van der Waals surface area contributed by atoms with Gasteiger partial charge in [-0.15, -0.1) is 11.3 Å². The monoisotopic (exact) mass is 344 g/mol. The summed E-state index contributed by atoms with van der Waals surface area (Å²) >= 11 is 1.61. The fourth-order valence-electron chi connectivity index (χ4n) is 2.82. The third-order valence-corrected chi connectivity index (χ3v) is 5.27. The minimum Gasteiger partial charge on any atom is -0.494 e. The van der Waals surface area contributed by atoms with Crippen LogP contribution in [0.5, 0.6) is 5.75 Å². The van der Waals surface area contributed by atoms with Crippen LogP contribution in [0.15, 0.2) is 24.3 Å². The highest BCUT2D eigenvalue weighted by Gasteiger charge is 2.16. The first-order valence-electron chi connectivity index (χ1n) is 8.79. The van der Waals surface area contributed by atoms with Crippen molar-refractivity contribution in [3.8, 4) is 5.75 Å². The lowest BCUT2D eigenvalue weighted by Crippen LogP contribution is -2.11. The van der Waals surface area contributed by atoms with Gasteiger partial charge >= 0.3 is 0 Å². The van der Waals surface area contributed by atoms with Gasteiger partial charge < -0.3 is 4.74 Å². The normalized spacial score (nSPS) is 13.4. The number of hydrogen-bond acceptors (Lipinski definition) is 4. The molecule has 0 saturated heterocycles. The zero-order valence-electron chi connectivity index (χ0n) is 14.1. The Kier molecular flexibility index (Phi) is 5.86. The number of carbonyl (C=O) groups excluding carboxylic acids is 1. The maximum atomic E-state index is 12.4. The number of nitrogens with zero attached hydrogens (tertiary/aromatic N) is 1. The second kappa shape index (κ2) is 8.29. The van der Waals surface area contributed by atoms with Gasteiger partial charge in [-0.2, -0.15) is 0 Å². The molecule has 1 aliphatic carbocycles. The minimum absolute atomic E-state index is 0.112. The van der Waals surface area contributed by atoms with Crippen LogP contribution in [0.25, 0.3) is 0 Å². The highest BCUT2D eigenvalue weighted by atomic mass is 32.1. The number of aromatic nitrogens is 1. The van der Waals surface area contributed by atoms with E-state index >= 15 is 0 Å². The Labute approximate surface area is 147 Å². The Morgan fingerprint density at radius 2 is 2.00 bits per heavy atom. The standard InChI is InChI=1S/C19H24N2O2S/c1-2-3-6-13-23-15-11-9-14(10-12-15)18(22)21-19-20-16-7-4-5-8-17(16)24-19/h9-12H,2-8,13H2,1H3,(H,20,21,22). The Hall–Kier alpha value is -1.88. The Morgan fingerprint density at radius 3 is 2.75 bits per heavy atom. The van der Waals surface area contributed by atoms with Crippen molar-refractivity contribution in [2.45, 2.75) is 51.9 Å². The molecule has 3 rings (SSSR count). The lowest BCUT2D eigenvalue weighted by Gasteiger charge is -2.07. The molecule has 0 unspecified atom stereocenters. The lowest BCUT2D eigenvalue weighted by atomic mass is 10.0. The molecule has 0 radical (unpaired) electrons. The summed E-state index contributed by atoms with van der Waals surface area (Å²) in [7, 11) is 0. The van der Waals surface area contributed by atoms with E-state index in [0.29, 0.717) is 10.7 Å². The number of aryl methyl sites for hydroxylation is 2. The predicted molar refractivity (Wildman–Crippen MR) is 98.2 cm³/mol. The fraction of sp³-hybridized carbons (Fsp3) is 0.474. The van der Waals surface area contributed by atoms with E-state index in [1.54, 1.807) is 23.5 Å². The van der Waals surface area contributed by atoms with E-state index < -0.39 is 0 Å². The van der Waals surface area contributed by atoms with Crippen molar-refractivity contribution in [3.63, 3.8) is 0 Å². The third kappa shape index (κ3) is 4.35. The maximum Gasteiger partial charge on any atom is 0.257 e. The van der Waals surface area contributed by atoms with Crippen molar-refractivity contribution in [1.82, 2.24) is 4.98 Å². The molecule has 0 saturated carbocycles. The summed E-state index contributed by atoms with van der Waals surface area (Å²) in [6, 6.07) is 7.32. The van der Waals surface area contributed by atoms with E-state index in [1.165, 1.54) is 30.6 Å². The first-order valence-corrected chi connectivity index (χ1v) is 9.60. The maximum absolute atomic E-state index is 12.4. The van der Waals surface area contributed by atoms with E-state index in [4.69, 9.17) is 4.74 Å². The van der Waals surface area contributed by atoms with E-state index in [1.807, 2.05) is 12.1 Å². The molecule has 5 heteroatoms. The molecule has 1 heterocycles. The van der Waals surface area contributed by atoms with Gasteiger partial charge in [0.25, 0.3) is 5.91 Å². The second-order valence-electron chi connectivity index (χ2n) is 6.13. The fourth-order valence-corrected chi connectivity index (χ4v) is 3.86. The molecule has 1 aromatic heterocycles. The quantitative estimate of drug-likeness (QED) is 0.731. The van der Waals surface area contributed by atoms with Crippen LogP contribution in [0.4, 0.5) is 5.13 Å². The van der Waals surface area contributed by atoms with Crippen LogP contribution < -0.4 is 10.1 Å². The minimum atomic E-state index is -0.112. The van der Waals surface area contributed by atoms with Crippen LogP contribution in [0, 0.1) is 0 Å². The number of anilines is 1. The van der Waals surface area contributed by atoms with Crippen molar-refractivity contribution in [2.75, 3.05) is 11.9 Å². The number of unbranched alkanes of at least 4 members (excludes halogenated alkanes) is 2. The number of nitrogens with one attached hydrogen (secondary N) is 1. The highest BCUT2D eigenvalue weighted by molar-refractivity contribution is 7.15. The second-order valence-corrected chi connectivity index (χ2v) is 7.21. The van der Waals surface area contributed by atoms with E-state index in [-0.39, 0.29) is 5.91 Å². The van der Waals surface area contributed by atoms with E-state index in [9.17, 15) is 4.79 Å². The average molecular weight is 344 g/mol. The van der Waals surface area contributed by atoms with Crippen molar-refractivity contribution in [3.05, 3.63) is 40.4 Å². The van der Waals surface area contributed by atoms with Gasteiger partial charge in [0.15, 0.2) is 5.13 Å². The molecule has 1 aromatic carbocycles. The molecule has 0 atom stereocenters. The number of carbonyl (C=O) groups is 1. The molecule has 0 aliphatic heterocycles. The average Bonchev–Trinajstić information content (AvgIpc) is 3.01. The smallest absolute Gasteiger partial charge is 0.257 e. The Bertz CT molecular complexity index is 656. The molecule has 1 aliphatic rings. The van der Waals surface area contributed by atoms with Crippen LogP contribution in [-0.4, -0.2) is 17.5 Å². The first kappa shape index (κ1) is 17.0. The SMILES string of the molecule is CCCCCOc1ccc(C(=O)Nc2nc3c(s2)CCCC3)cc1. The third-order valence-electron chi connectivity index (χ3n) is 4.20. The molecular weight excluding hydrogens is 320 g/mol. The van der Waals surface area contributed by atoms with Gasteiger partial charge in [0.05, 0.1) is 12.3 Å².